The van der Waals surface area contributed by atoms with Crippen molar-refractivity contribution in [2.24, 2.45) is 0 Å². The van der Waals surface area contributed by atoms with Crippen LogP contribution in [0.5, 0.6) is 17.2 Å². The van der Waals surface area contributed by atoms with Crippen molar-refractivity contribution in [2.45, 2.75) is 6.61 Å². The highest BCUT2D eigenvalue weighted by Gasteiger charge is 2.14. The average molecular weight is 426 g/mol. The third kappa shape index (κ3) is 4.11. The Morgan fingerprint density at radius 2 is 1.78 bits per heavy atom. The molecule has 1 aliphatic heterocycles. The highest BCUT2D eigenvalue weighted by atomic mass is 16.7. The fourth-order valence-corrected chi connectivity index (χ4v) is 3.38. The summed E-state index contributed by atoms with van der Waals surface area (Å²) in [5, 5.41) is 0.606. The summed E-state index contributed by atoms with van der Waals surface area (Å²) in [6.45, 7) is 0.587. The first kappa shape index (κ1) is 19.6. The minimum absolute atomic E-state index is 0.0466. The van der Waals surface area contributed by atoms with E-state index in [9.17, 15) is 9.59 Å². The minimum Gasteiger partial charge on any atom is -0.489 e. The number of hydrogen-bond acceptors (Lipinski definition) is 6. The van der Waals surface area contributed by atoms with E-state index in [2.05, 4.69) is 0 Å². The zero-order valence-corrected chi connectivity index (χ0v) is 16.9. The predicted molar refractivity (Wildman–Crippen MR) is 119 cm³/mol. The summed E-state index contributed by atoms with van der Waals surface area (Å²) in [6, 6.07) is 21.8. The Labute approximate surface area is 183 Å². The fourth-order valence-electron chi connectivity index (χ4n) is 3.38. The normalized spacial score (nSPS) is 12.4. The first-order valence-corrected chi connectivity index (χ1v) is 10.0. The van der Waals surface area contributed by atoms with E-state index in [0.29, 0.717) is 34.8 Å². The molecule has 2 heterocycles. The molecule has 0 unspecified atom stereocenters. The molecule has 3 aromatic carbocycles. The summed E-state index contributed by atoms with van der Waals surface area (Å²) in [7, 11) is 0. The van der Waals surface area contributed by atoms with Gasteiger partial charge in [0, 0.05) is 5.39 Å². The maximum Gasteiger partial charge on any atom is 0.347 e. The van der Waals surface area contributed by atoms with Crippen molar-refractivity contribution in [3.8, 4) is 17.2 Å². The second-order valence-electron chi connectivity index (χ2n) is 7.23. The first-order chi connectivity index (χ1) is 15.7. The van der Waals surface area contributed by atoms with Crippen LogP contribution in [0.1, 0.15) is 21.5 Å². The number of ketones is 1. The molecular weight excluding hydrogens is 408 g/mol. The number of rotatable bonds is 6. The lowest BCUT2D eigenvalue weighted by molar-refractivity contribution is 0.104. The summed E-state index contributed by atoms with van der Waals surface area (Å²) in [4.78, 5) is 25.0. The Bertz CT molecular complexity index is 1380. The van der Waals surface area contributed by atoms with Crippen molar-refractivity contribution in [1.29, 1.82) is 0 Å². The van der Waals surface area contributed by atoms with Gasteiger partial charge in [0.15, 0.2) is 17.3 Å². The van der Waals surface area contributed by atoms with E-state index in [1.165, 1.54) is 12.1 Å². The SMILES string of the molecule is O=C(/C=C/c1ccc2c(c1)OCO2)c1cc2cc(OCc3ccccc3)ccc2oc1=O. The van der Waals surface area contributed by atoms with Gasteiger partial charge in [0.2, 0.25) is 6.79 Å². The van der Waals surface area contributed by atoms with Crippen molar-refractivity contribution in [3.63, 3.8) is 0 Å². The Morgan fingerprint density at radius 1 is 0.938 bits per heavy atom. The van der Waals surface area contributed by atoms with Crippen LogP contribution >= 0.6 is 0 Å². The number of hydrogen-bond donors (Lipinski definition) is 0. The topological polar surface area (TPSA) is 75.0 Å². The van der Waals surface area contributed by atoms with Gasteiger partial charge < -0.3 is 18.6 Å². The van der Waals surface area contributed by atoms with Crippen molar-refractivity contribution in [3.05, 3.63) is 106 Å². The van der Waals surface area contributed by atoms with Crippen LogP contribution in [0, 0.1) is 0 Å². The Kier molecular flexibility index (Phi) is 5.17. The van der Waals surface area contributed by atoms with Gasteiger partial charge in [-0.25, -0.2) is 4.79 Å². The number of carbonyl (C=O) groups excluding carboxylic acids is 1. The molecule has 0 fully saturated rings. The largest absolute Gasteiger partial charge is 0.489 e. The van der Waals surface area contributed by atoms with Gasteiger partial charge in [0.25, 0.3) is 0 Å². The van der Waals surface area contributed by atoms with Crippen LogP contribution in [-0.2, 0) is 6.61 Å². The van der Waals surface area contributed by atoms with Gasteiger partial charge in [-0.05, 0) is 53.6 Å². The van der Waals surface area contributed by atoms with Crippen LogP contribution in [-0.4, -0.2) is 12.6 Å². The second kappa shape index (κ2) is 8.43. The monoisotopic (exact) mass is 426 g/mol. The molecule has 0 saturated carbocycles. The van der Waals surface area contributed by atoms with Gasteiger partial charge in [-0.15, -0.1) is 0 Å². The van der Waals surface area contributed by atoms with Gasteiger partial charge in [-0.2, -0.15) is 0 Å². The molecule has 1 aromatic heterocycles. The molecule has 1 aliphatic rings. The quantitative estimate of drug-likeness (QED) is 0.245. The Hall–Kier alpha value is -4.32. The molecule has 0 spiro atoms. The smallest absolute Gasteiger partial charge is 0.347 e. The highest BCUT2D eigenvalue weighted by Crippen LogP contribution is 2.32. The molecule has 158 valence electrons. The van der Waals surface area contributed by atoms with Crippen LogP contribution < -0.4 is 19.8 Å². The van der Waals surface area contributed by atoms with Crippen molar-refractivity contribution < 1.29 is 23.4 Å². The van der Waals surface area contributed by atoms with Crippen LogP contribution in [0.3, 0.4) is 0 Å². The molecule has 0 bridgehead atoms. The lowest BCUT2D eigenvalue weighted by Crippen LogP contribution is -2.12. The van der Waals surface area contributed by atoms with Gasteiger partial charge in [-0.3, -0.25) is 4.79 Å². The van der Waals surface area contributed by atoms with Gasteiger partial charge in [0.05, 0.1) is 0 Å². The molecule has 0 saturated heterocycles. The van der Waals surface area contributed by atoms with E-state index < -0.39 is 11.4 Å². The number of fused-ring (bicyclic) bond motifs is 2. The number of allylic oxidation sites excluding steroid dienone is 1. The molecule has 6 heteroatoms. The average Bonchev–Trinajstić information content (AvgIpc) is 3.29. The van der Waals surface area contributed by atoms with Crippen molar-refractivity contribution in [2.75, 3.05) is 6.79 Å². The third-order valence-corrected chi connectivity index (χ3v) is 5.04. The Morgan fingerprint density at radius 3 is 2.66 bits per heavy atom. The second-order valence-corrected chi connectivity index (χ2v) is 7.23. The van der Waals surface area contributed by atoms with Gasteiger partial charge in [0.1, 0.15) is 23.5 Å². The number of carbonyl (C=O) groups is 1. The van der Waals surface area contributed by atoms with Gasteiger partial charge in [-0.1, -0.05) is 42.5 Å². The molecule has 4 aromatic rings. The lowest BCUT2D eigenvalue weighted by Gasteiger charge is -2.07. The van der Waals surface area contributed by atoms with E-state index in [1.807, 2.05) is 30.3 Å². The van der Waals surface area contributed by atoms with Crippen LogP contribution in [0.25, 0.3) is 17.0 Å². The fraction of sp³-hybridized carbons (Fsp3) is 0.0769. The maximum absolute atomic E-state index is 12.7. The van der Waals surface area contributed by atoms with Gasteiger partial charge >= 0.3 is 5.63 Å². The van der Waals surface area contributed by atoms with E-state index in [0.717, 1.165) is 11.1 Å². The summed E-state index contributed by atoms with van der Waals surface area (Å²) < 4.78 is 21.8. The molecule has 0 aliphatic carbocycles. The molecule has 0 atom stereocenters. The molecular formula is C26H18O6. The van der Waals surface area contributed by atoms with Crippen LogP contribution in [0.2, 0.25) is 0 Å². The maximum atomic E-state index is 12.7. The summed E-state index contributed by atoms with van der Waals surface area (Å²) in [5.74, 6) is 1.44. The molecule has 5 rings (SSSR count). The Balaban J connectivity index is 1.37. The zero-order chi connectivity index (χ0) is 21.9. The standard InChI is InChI=1S/C26H18O6/c27-22(9-6-17-7-10-24-25(12-17)31-16-30-24)21-14-19-13-20(8-11-23(19)32-26(21)28)29-15-18-4-2-1-3-5-18/h1-14H,15-16H2/b9-6+. The zero-order valence-electron chi connectivity index (χ0n) is 16.9. The lowest BCUT2D eigenvalue weighted by atomic mass is 10.1. The minimum atomic E-state index is -0.684. The summed E-state index contributed by atoms with van der Waals surface area (Å²) >= 11 is 0. The van der Waals surface area contributed by atoms with Crippen LogP contribution in [0.4, 0.5) is 0 Å². The molecule has 0 radical (unpaired) electrons. The molecule has 0 amide bonds. The molecule has 6 nitrogen and oxygen atoms in total. The summed E-state index contributed by atoms with van der Waals surface area (Å²) in [5.41, 5.74) is 1.45. The van der Waals surface area contributed by atoms with Crippen molar-refractivity contribution >= 4 is 22.8 Å². The van der Waals surface area contributed by atoms with Crippen LogP contribution in [0.15, 0.2) is 88.1 Å². The van der Waals surface area contributed by atoms with E-state index in [-0.39, 0.29) is 12.4 Å². The highest BCUT2D eigenvalue weighted by molar-refractivity contribution is 6.07. The predicted octanol–water partition coefficient (Wildman–Crippen LogP) is 5.00. The van der Waals surface area contributed by atoms with E-state index >= 15 is 0 Å². The molecule has 32 heavy (non-hydrogen) atoms. The number of ether oxygens (including phenoxy) is 3. The third-order valence-electron chi connectivity index (χ3n) is 5.04. The van der Waals surface area contributed by atoms with Crippen molar-refractivity contribution in [1.82, 2.24) is 0 Å². The summed E-state index contributed by atoms with van der Waals surface area (Å²) in [6.07, 6.45) is 2.96. The first-order valence-electron chi connectivity index (χ1n) is 10.0. The molecule has 0 N–H and O–H groups in total. The van der Waals surface area contributed by atoms with E-state index in [1.54, 1.807) is 42.5 Å². The number of benzene rings is 3. The van der Waals surface area contributed by atoms with E-state index in [4.69, 9.17) is 18.6 Å².